The average Bonchev–Trinajstić information content (AvgIpc) is 1.69. The lowest BCUT2D eigenvalue weighted by molar-refractivity contribution is -0.142. The largest absolute Gasteiger partial charge is 0.488 e. The van der Waals surface area contributed by atoms with E-state index in [1.165, 1.54) is 38.5 Å². The van der Waals surface area contributed by atoms with E-state index < -0.39 is 68.3 Å². The molecule has 568 valence electrons. The summed E-state index contributed by atoms with van der Waals surface area (Å²) in [6.45, 7) is 18.9. The third-order valence-electron chi connectivity index (χ3n) is 23.5. The molecule has 0 aromatic heterocycles. The van der Waals surface area contributed by atoms with Gasteiger partial charge in [0, 0.05) is 44.6 Å². The van der Waals surface area contributed by atoms with Gasteiger partial charge >= 0.3 is 32.1 Å². The van der Waals surface area contributed by atoms with Crippen LogP contribution in [0.1, 0.15) is 220 Å². The Bertz CT molecular complexity index is 2900. The number of aliphatic hydroxyl groups is 1. The van der Waals surface area contributed by atoms with E-state index in [2.05, 4.69) is 76.3 Å². The van der Waals surface area contributed by atoms with Crippen LogP contribution in [-0.4, -0.2) is 195 Å². The van der Waals surface area contributed by atoms with Gasteiger partial charge in [-0.2, -0.15) is 0 Å². The number of hydrogen-bond donors (Lipinski definition) is 15. The lowest BCUT2D eigenvalue weighted by Gasteiger charge is -2.61. The van der Waals surface area contributed by atoms with Crippen LogP contribution in [0.2, 0.25) is 0 Å². The van der Waals surface area contributed by atoms with Crippen molar-refractivity contribution >= 4 is 66.7 Å². The fourth-order valence-electron chi connectivity index (χ4n) is 17.4. The molecule has 101 heavy (non-hydrogen) atoms. The second-order valence-corrected chi connectivity index (χ2v) is 30.7. The number of aliphatic hydroxyl groups excluding tert-OH is 1. The number of unbranched alkanes of at least 4 members (excludes halogenated alkanes) is 4. The Labute approximate surface area is 602 Å². The van der Waals surface area contributed by atoms with Crippen molar-refractivity contribution in [1.82, 2.24) is 41.7 Å². The number of carbonyl (C=O) groups excluding carboxylic acids is 4. The van der Waals surface area contributed by atoms with Crippen molar-refractivity contribution in [3.63, 3.8) is 0 Å². The highest BCUT2D eigenvalue weighted by Crippen LogP contribution is 2.68. The number of carboxylic acid groups (broad SMARTS) is 3. The van der Waals surface area contributed by atoms with Crippen molar-refractivity contribution < 1.29 is 74.1 Å². The molecular formula is C75H127B2N9O15. The fraction of sp³-hybridized carbons (Fsp3) is 0.747. The van der Waals surface area contributed by atoms with Crippen LogP contribution in [0.3, 0.4) is 0 Å². The van der Waals surface area contributed by atoms with Crippen LogP contribution in [0.25, 0.3) is 0 Å². The van der Waals surface area contributed by atoms with Gasteiger partial charge in [-0.05, 0) is 271 Å². The first-order chi connectivity index (χ1) is 48.0. The Morgan fingerprint density at radius 2 is 0.990 bits per heavy atom. The molecule has 26 heteroatoms. The van der Waals surface area contributed by atoms with Crippen molar-refractivity contribution in [2.24, 2.45) is 52.1 Å². The molecule has 16 N–H and O–H groups in total. The average molecular weight is 1420 g/mol. The molecule has 14 atom stereocenters. The molecule has 24 nitrogen and oxygen atoms in total. The summed E-state index contributed by atoms with van der Waals surface area (Å²) in [4.78, 5) is 91.8. The van der Waals surface area contributed by atoms with Gasteiger partial charge in [-0.1, -0.05) is 75.7 Å². The molecular weight excluding hydrogens is 1290 g/mol. The van der Waals surface area contributed by atoms with E-state index in [0.717, 1.165) is 68.0 Å². The third kappa shape index (κ3) is 26.2. The summed E-state index contributed by atoms with van der Waals surface area (Å²) in [5, 5.41) is 95.3. The highest BCUT2D eigenvalue weighted by Gasteiger charge is 2.60. The zero-order valence-electron chi connectivity index (χ0n) is 62.2. The number of amides is 4. The van der Waals surface area contributed by atoms with Gasteiger partial charge in [0.1, 0.15) is 18.1 Å². The summed E-state index contributed by atoms with van der Waals surface area (Å²) in [5.41, 5.74) is 8.70. The number of nitrogens with zero attached hydrogens (tertiary/aromatic N) is 2. The smallest absolute Gasteiger partial charge is 0.480 e. The number of rotatable bonds is 44. The molecule has 0 heterocycles. The van der Waals surface area contributed by atoms with Crippen LogP contribution in [0.4, 0.5) is 0 Å². The Morgan fingerprint density at radius 3 is 1.48 bits per heavy atom. The van der Waals surface area contributed by atoms with Gasteiger partial charge in [0.25, 0.3) is 0 Å². The van der Waals surface area contributed by atoms with Gasteiger partial charge in [-0.25, -0.2) is 14.4 Å². The SMILES string of the molecule is CNC(CCCCN)C(=O)NC(CCCCN(Cc1ccccc1B(O)O)C(C)C)C(=O)O.CNC(CCCCNC(=O)CCC(NC(=O)CCC(C)C1CCC2C3CC[C@H]4C[C@@H](O)CC[C@@]4(C)C3CC[C@@]12C)C(=O)O)C(=O)NC(CCCCN(Cc1ccccc1B(O)O)C(C)C)C(=O)O. The maximum absolute atomic E-state index is 13.1. The van der Waals surface area contributed by atoms with Gasteiger partial charge in [-0.15, -0.1) is 0 Å². The van der Waals surface area contributed by atoms with Crippen molar-refractivity contribution in [3.05, 3.63) is 59.7 Å². The zero-order valence-corrected chi connectivity index (χ0v) is 62.2. The first-order valence-corrected chi connectivity index (χ1v) is 37.9. The summed E-state index contributed by atoms with van der Waals surface area (Å²) >= 11 is 0. The molecule has 0 radical (unpaired) electrons. The Balaban J connectivity index is 0.000000467. The number of benzene rings is 2. The van der Waals surface area contributed by atoms with E-state index in [1.807, 2.05) is 38.1 Å². The van der Waals surface area contributed by atoms with E-state index >= 15 is 0 Å². The molecule has 4 amide bonds. The number of carboxylic acids is 3. The topological polar surface area (TPSA) is 386 Å². The minimum atomic E-state index is -1.57. The zero-order chi connectivity index (χ0) is 74.6. The molecule has 4 aliphatic rings. The molecule has 0 bridgehead atoms. The second kappa shape index (κ2) is 43.0. The highest BCUT2D eigenvalue weighted by molar-refractivity contribution is 6.59. The molecule has 2 aromatic rings. The van der Waals surface area contributed by atoms with E-state index in [9.17, 15) is 74.1 Å². The van der Waals surface area contributed by atoms with E-state index in [-0.39, 0.29) is 67.0 Å². The predicted molar refractivity (Wildman–Crippen MR) is 394 cm³/mol. The minimum Gasteiger partial charge on any atom is -0.480 e. The molecule has 4 fully saturated rings. The van der Waals surface area contributed by atoms with Gasteiger partial charge in [0.15, 0.2) is 0 Å². The van der Waals surface area contributed by atoms with Crippen molar-refractivity contribution in [2.45, 2.75) is 270 Å². The Kier molecular flexibility index (Phi) is 36.7. The summed E-state index contributed by atoms with van der Waals surface area (Å²) < 4.78 is 0. The number of carbonyl (C=O) groups is 7. The number of aliphatic carboxylic acids is 3. The fourth-order valence-corrected chi connectivity index (χ4v) is 17.4. The van der Waals surface area contributed by atoms with Gasteiger partial charge in [0.2, 0.25) is 23.6 Å². The number of nitrogens with two attached hydrogens (primary N) is 1. The van der Waals surface area contributed by atoms with E-state index in [1.54, 1.807) is 38.4 Å². The van der Waals surface area contributed by atoms with E-state index in [4.69, 9.17) is 5.73 Å². The number of hydrogen-bond acceptors (Lipinski definition) is 17. The Hall–Kier alpha value is -5.54. The summed E-state index contributed by atoms with van der Waals surface area (Å²) in [5.74, 6) is -0.956. The lowest BCUT2D eigenvalue weighted by atomic mass is 9.44. The van der Waals surface area contributed by atoms with Gasteiger partial charge in [0.05, 0.1) is 18.2 Å². The van der Waals surface area contributed by atoms with E-state index in [0.29, 0.717) is 131 Å². The van der Waals surface area contributed by atoms with Crippen LogP contribution in [0.5, 0.6) is 0 Å². The van der Waals surface area contributed by atoms with Crippen LogP contribution in [0, 0.1) is 46.3 Å². The van der Waals surface area contributed by atoms with Crippen LogP contribution in [-0.2, 0) is 46.7 Å². The van der Waals surface area contributed by atoms with Gasteiger partial charge in [-0.3, -0.25) is 29.0 Å². The Morgan fingerprint density at radius 1 is 0.535 bits per heavy atom. The molecule has 0 aliphatic heterocycles. The van der Waals surface area contributed by atoms with Crippen molar-refractivity contribution in [3.8, 4) is 0 Å². The summed E-state index contributed by atoms with van der Waals surface area (Å²) in [6, 6.07) is 10.6. The normalized spacial score (nSPS) is 23.4. The van der Waals surface area contributed by atoms with Crippen LogP contribution < -0.4 is 48.6 Å². The summed E-state index contributed by atoms with van der Waals surface area (Å²) in [6.07, 6.45) is 18.2. The molecule has 0 saturated heterocycles. The molecule has 4 saturated carbocycles. The molecule has 10 unspecified atom stereocenters. The highest BCUT2D eigenvalue weighted by atomic mass is 16.4. The maximum atomic E-state index is 13.1. The quantitative estimate of drug-likeness (QED) is 0.0306. The number of fused-ring (bicyclic) bond motifs is 5. The molecule has 2 aromatic carbocycles. The first kappa shape index (κ1) is 86.1. The standard InChI is InChI=1S/C52H86BN5O10.C23H41BN4O5/c1-33(2)58(32-35-13-7-8-14-42(35)53(67)68)30-12-10-16-44(49(63)64)57-48(62)43(54-6)15-9-11-29-55-46(60)24-22-45(50(65)66)56-47(61)23-17-34(3)39-20-21-40-38-19-18-36-31-37(59)25-27-51(36,4)41(38)26-28-52(39,40)5;1-17(2)28(16-18-10-4-5-11-19(18)24(32)33)15-9-7-13-21(23(30)31)27-22(29)20(26-3)12-6-8-14-25/h7-8,13-14,33-34,36-41,43-45,54,59,67-68H,9-12,15-32H2,1-6H3,(H,55,60)(H,56,61)(H,57,62)(H,63,64)(H,65,66);4-5,10-11,17,20-21,26,32-33H,6-9,12-16,25H2,1-3H3,(H,27,29)(H,30,31)/t34?,36-,37-,38?,39?,40?,41?,43?,44?,45?,51+,52-;/m0./s1. The third-order valence-corrected chi connectivity index (χ3v) is 23.5. The number of likely N-dealkylation sites (N-methyl/N-ethyl adjacent to an activating group) is 2. The van der Waals surface area contributed by atoms with Crippen LogP contribution >= 0.6 is 0 Å². The number of nitrogens with one attached hydrogen (secondary N) is 6. The van der Waals surface area contributed by atoms with Crippen molar-refractivity contribution in [2.75, 3.05) is 40.3 Å². The molecule has 0 spiro atoms. The minimum absolute atomic E-state index is 0.0287. The molecule has 6 rings (SSSR count). The monoisotopic (exact) mass is 1420 g/mol. The second-order valence-electron chi connectivity index (χ2n) is 30.7. The molecule has 4 aliphatic carbocycles. The predicted octanol–water partition coefficient (Wildman–Crippen LogP) is 5.01. The summed E-state index contributed by atoms with van der Waals surface area (Å²) in [7, 11) is 0.237. The maximum Gasteiger partial charge on any atom is 0.488 e. The van der Waals surface area contributed by atoms with Gasteiger partial charge < -0.3 is 78.2 Å². The van der Waals surface area contributed by atoms with Crippen molar-refractivity contribution in [1.29, 1.82) is 0 Å². The van der Waals surface area contributed by atoms with Crippen LogP contribution in [0.15, 0.2) is 48.5 Å². The lowest BCUT2D eigenvalue weighted by Crippen LogP contribution is -2.54. The first-order valence-electron chi connectivity index (χ1n) is 37.9.